The van der Waals surface area contributed by atoms with Crippen molar-refractivity contribution in [3.63, 3.8) is 0 Å². The zero-order valence-electron chi connectivity index (χ0n) is 24.7. The number of hydrogen-bond donors (Lipinski definition) is 2. The second kappa shape index (κ2) is 13.6. The lowest BCUT2D eigenvalue weighted by molar-refractivity contribution is -0.121. The van der Waals surface area contributed by atoms with Gasteiger partial charge in [-0.05, 0) is 78.6 Å². The highest BCUT2D eigenvalue weighted by molar-refractivity contribution is 8.00. The van der Waals surface area contributed by atoms with E-state index < -0.39 is 17.1 Å². The fourth-order valence-corrected chi connectivity index (χ4v) is 5.88. The Morgan fingerprint density at radius 2 is 1.59 bits per heavy atom. The summed E-state index contributed by atoms with van der Waals surface area (Å²) in [6.07, 6.45) is 1.75. The predicted molar refractivity (Wildman–Crippen MR) is 175 cm³/mol. The lowest BCUT2D eigenvalue weighted by Gasteiger charge is -2.16. The molecular formula is C36H33N3O4S. The molecule has 1 heterocycles. The number of thioether (sulfide) groups is 1. The molecule has 222 valence electrons. The Labute approximate surface area is 261 Å². The lowest BCUT2D eigenvalue weighted by Crippen LogP contribution is -2.31. The molecule has 7 nitrogen and oxygen atoms in total. The highest BCUT2D eigenvalue weighted by Crippen LogP contribution is 2.35. The summed E-state index contributed by atoms with van der Waals surface area (Å²) < 4.78 is 0. The van der Waals surface area contributed by atoms with E-state index in [1.54, 1.807) is 54.6 Å². The average Bonchev–Trinajstić information content (AvgIpc) is 3.30. The van der Waals surface area contributed by atoms with E-state index >= 15 is 0 Å². The fourth-order valence-electron chi connectivity index (χ4n) is 4.82. The Morgan fingerprint density at radius 1 is 0.886 bits per heavy atom. The quantitative estimate of drug-likeness (QED) is 0.159. The van der Waals surface area contributed by atoms with E-state index in [1.165, 1.54) is 16.7 Å². The number of nitrogens with zero attached hydrogens (tertiary/aromatic N) is 1. The third-order valence-electron chi connectivity index (χ3n) is 7.20. The number of carbonyl (C=O) groups excluding carboxylic acids is 4. The number of benzene rings is 4. The van der Waals surface area contributed by atoms with Crippen LogP contribution >= 0.6 is 11.8 Å². The summed E-state index contributed by atoms with van der Waals surface area (Å²) in [5.41, 5.74) is 4.57. The molecule has 44 heavy (non-hydrogen) atoms. The molecule has 5 rings (SSSR count). The van der Waals surface area contributed by atoms with E-state index in [1.807, 2.05) is 61.5 Å². The van der Waals surface area contributed by atoms with E-state index in [-0.39, 0.29) is 23.9 Å². The minimum Gasteiger partial charge on any atom is -0.321 e. The summed E-state index contributed by atoms with van der Waals surface area (Å²) >= 11 is 1.32. The lowest BCUT2D eigenvalue weighted by atomic mass is 10.0. The van der Waals surface area contributed by atoms with Gasteiger partial charge in [-0.3, -0.25) is 19.2 Å². The van der Waals surface area contributed by atoms with Crippen molar-refractivity contribution in [1.82, 2.24) is 5.32 Å². The molecule has 1 unspecified atom stereocenters. The summed E-state index contributed by atoms with van der Waals surface area (Å²) in [5.74, 6) is -0.984. The van der Waals surface area contributed by atoms with Gasteiger partial charge >= 0.3 is 0 Å². The second-order valence-electron chi connectivity index (χ2n) is 10.9. The van der Waals surface area contributed by atoms with Gasteiger partial charge < -0.3 is 10.6 Å². The van der Waals surface area contributed by atoms with E-state index in [9.17, 15) is 19.2 Å². The van der Waals surface area contributed by atoms with Crippen LogP contribution in [0.15, 0.2) is 114 Å². The van der Waals surface area contributed by atoms with Crippen molar-refractivity contribution < 1.29 is 19.2 Å². The molecule has 4 aromatic rings. The number of aryl methyl sites for hydroxylation is 1. The Kier molecular flexibility index (Phi) is 9.41. The van der Waals surface area contributed by atoms with E-state index in [2.05, 4.69) is 24.5 Å². The van der Waals surface area contributed by atoms with Crippen molar-refractivity contribution in [2.75, 3.05) is 10.2 Å². The molecule has 1 atom stereocenters. The van der Waals surface area contributed by atoms with Gasteiger partial charge in [-0.1, -0.05) is 74.0 Å². The normalized spacial score (nSPS) is 15.0. The summed E-state index contributed by atoms with van der Waals surface area (Å²) in [4.78, 5) is 54.2. The fraction of sp³-hybridized carbons (Fsp3) is 0.167. The molecule has 8 heteroatoms. The summed E-state index contributed by atoms with van der Waals surface area (Å²) in [6, 6.07) is 30.9. The molecule has 0 aromatic heterocycles. The van der Waals surface area contributed by atoms with Crippen molar-refractivity contribution >= 4 is 52.8 Å². The van der Waals surface area contributed by atoms with Gasteiger partial charge in [-0.25, -0.2) is 4.90 Å². The van der Waals surface area contributed by atoms with E-state index in [0.29, 0.717) is 22.9 Å². The second-order valence-corrected chi connectivity index (χ2v) is 12.2. The number of imide groups is 1. The van der Waals surface area contributed by atoms with Gasteiger partial charge in [0.2, 0.25) is 11.8 Å². The number of nitrogens with one attached hydrogen (secondary N) is 2. The number of rotatable bonds is 9. The Balaban J connectivity index is 1.27. The van der Waals surface area contributed by atoms with Gasteiger partial charge in [0, 0.05) is 22.6 Å². The van der Waals surface area contributed by atoms with Crippen molar-refractivity contribution in [3.05, 3.63) is 131 Å². The molecule has 0 aliphatic carbocycles. The number of amides is 4. The van der Waals surface area contributed by atoms with Gasteiger partial charge in [0.1, 0.15) is 5.70 Å². The zero-order valence-corrected chi connectivity index (χ0v) is 25.6. The van der Waals surface area contributed by atoms with Crippen LogP contribution in [-0.4, -0.2) is 28.9 Å². The SMILES string of the molecule is Cc1cccc(/C=C(\NC(=O)c2ccccc2)C(=O)Nc2ccc(SC3CC(=O)N(c4ccc(C(C)C)cc4)C3=O)cc2)c1. The van der Waals surface area contributed by atoms with Crippen LogP contribution in [0.1, 0.15) is 53.2 Å². The maximum atomic E-state index is 13.4. The summed E-state index contributed by atoms with van der Waals surface area (Å²) in [7, 11) is 0. The first-order valence-electron chi connectivity index (χ1n) is 14.4. The van der Waals surface area contributed by atoms with Crippen LogP contribution in [-0.2, 0) is 14.4 Å². The number of hydrogen-bond acceptors (Lipinski definition) is 5. The molecule has 0 saturated carbocycles. The molecule has 1 saturated heterocycles. The van der Waals surface area contributed by atoms with Crippen LogP contribution < -0.4 is 15.5 Å². The molecule has 2 N–H and O–H groups in total. The van der Waals surface area contributed by atoms with Crippen LogP contribution in [0.3, 0.4) is 0 Å². The first-order valence-corrected chi connectivity index (χ1v) is 15.3. The highest BCUT2D eigenvalue weighted by Gasteiger charge is 2.40. The molecular weight excluding hydrogens is 570 g/mol. The number of anilines is 2. The van der Waals surface area contributed by atoms with Gasteiger partial charge in [-0.15, -0.1) is 11.8 Å². The molecule has 4 aromatic carbocycles. The van der Waals surface area contributed by atoms with Gasteiger partial charge in [0.25, 0.3) is 11.8 Å². The summed E-state index contributed by atoms with van der Waals surface area (Å²) in [6.45, 7) is 6.14. The average molecular weight is 604 g/mol. The smallest absolute Gasteiger partial charge is 0.272 e. The minimum absolute atomic E-state index is 0.0967. The van der Waals surface area contributed by atoms with Crippen molar-refractivity contribution in [2.24, 2.45) is 0 Å². The third-order valence-corrected chi connectivity index (χ3v) is 8.39. The first kappa shape index (κ1) is 30.5. The predicted octanol–water partition coefficient (Wildman–Crippen LogP) is 6.95. The van der Waals surface area contributed by atoms with Crippen molar-refractivity contribution in [1.29, 1.82) is 0 Å². The topological polar surface area (TPSA) is 95.6 Å². The Hall–Kier alpha value is -4.95. The Morgan fingerprint density at radius 3 is 2.25 bits per heavy atom. The van der Waals surface area contributed by atoms with E-state index in [4.69, 9.17) is 0 Å². The molecule has 0 bridgehead atoms. The minimum atomic E-state index is -0.537. The van der Waals surface area contributed by atoms with Crippen LogP contribution in [0.4, 0.5) is 11.4 Å². The standard InChI is InChI=1S/C36H33N3O4S/c1-23(2)26-12-16-29(17-13-26)39-33(40)22-32(36(39)43)44-30-18-14-28(15-19-30)37-35(42)31(21-25-9-7-8-24(3)20-25)38-34(41)27-10-5-4-6-11-27/h4-21,23,32H,22H2,1-3H3,(H,37,42)(H,38,41)/b31-21-. The largest absolute Gasteiger partial charge is 0.321 e. The maximum Gasteiger partial charge on any atom is 0.272 e. The van der Waals surface area contributed by atoms with Gasteiger partial charge in [0.05, 0.1) is 10.9 Å². The molecule has 0 radical (unpaired) electrons. The monoisotopic (exact) mass is 603 g/mol. The number of carbonyl (C=O) groups is 4. The molecule has 4 amide bonds. The third kappa shape index (κ3) is 7.33. The van der Waals surface area contributed by atoms with Crippen molar-refractivity contribution in [2.45, 2.75) is 43.3 Å². The van der Waals surface area contributed by atoms with Crippen molar-refractivity contribution in [3.8, 4) is 0 Å². The molecule has 1 aliphatic heterocycles. The van der Waals surface area contributed by atoms with Gasteiger partial charge in [-0.2, -0.15) is 0 Å². The van der Waals surface area contributed by atoms with E-state index in [0.717, 1.165) is 21.6 Å². The van der Waals surface area contributed by atoms with Gasteiger partial charge in [0.15, 0.2) is 0 Å². The Bertz CT molecular complexity index is 1710. The zero-order chi connectivity index (χ0) is 31.2. The van der Waals surface area contributed by atoms with Crippen LogP contribution in [0.2, 0.25) is 0 Å². The van der Waals surface area contributed by atoms with Crippen LogP contribution in [0, 0.1) is 6.92 Å². The molecule has 1 aliphatic rings. The summed E-state index contributed by atoms with van der Waals surface area (Å²) in [5, 5.41) is 5.06. The highest BCUT2D eigenvalue weighted by atomic mass is 32.2. The van der Waals surface area contributed by atoms with Crippen LogP contribution in [0.25, 0.3) is 6.08 Å². The maximum absolute atomic E-state index is 13.4. The molecule has 0 spiro atoms. The van der Waals surface area contributed by atoms with Crippen LogP contribution in [0.5, 0.6) is 0 Å². The molecule has 1 fully saturated rings. The first-order chi connectivity index (χ1) is 21.2.